The minimum absolute atomic E-state index is 0.538. The molecule has 1 fully saturated rings. The lowest BCUT2D eigenvalue weighted by atomic mass is 9.89. The van der Waals surface area contributed by atoms with Crippen molar-refractivity contribution in [1.82, 2.24) is 0 Å². The Kier molecular flexibility index (Phi) is 3.90. The summed E-state index contributed by atoms with van der Waals surface area (Å²) in [7, 11) is 1.36. The third kappa shape index (κ3) is 2.52. The number of rotatable bonds is 2. The van der Waals surface area contributed by atoms with Crippen LogP contribution in [0.15, 0.2) is 0 Å². The highest BCUT2D eigenvalue weighted by molar-refractivity contribution is 5.66. The molecule has 16 heavy (non-hydrogen) atoms. The van der Waals surface area contributed by atoms with Crippen LogP contribution in [-0.2, 0) is 19.0 Å². The molecule has 0 aromatic heterocycles. The first-order chi connectivity index (χ1) is 7.29. The van der Waals surface area contributed by atoms with Gasteiger partial charge in [-0.1, -0.05) is 0 Å². The fourth-order valence-corrected chi connectivity index (χ4v) is 1.77. The smallest absolute Gasteiger partial charge is 0.303 e. The summed E-state index contributed by atoms with van der Waals surface area (Å²) < 4.78 is 15.3. The molecule has 0 amide bonds. The molecule has 0 spiro atoms. The second kappa shape index (κ2) is 4.67. The average molecular weight is 234 g/mol. The van der Waals surface area contributed by atoms with E-state index in [4.69, 9.17) is 14.2 Å². The number of carbonyl (C=O) groups excluding carboxylic acids is 1. The Hall–Kier alpha value is -0.690. The molecular formula is C10H18O6. The van der Waals surface area contributed by atoms with Crippen LogP contribution < -0.4 is 0 Å². The molecule has 1 heterocycles. The summed E-state index contributed by atoms with van der Waals surface area (Å²) >= 11 is 0. The molecule has 0 unspecified atom stereocenters. The molecule has 4 atom stereocenters. The Morgan fingerprint density at radius 1 is 1.31 bits per heavy atom. The van der Waals surface area contributed by atoms with E-state index in [0.717, 1.165) is 0 Å². The fraction of sp³-hybridized carbons (Fsp3) is 0.900. The maximum absolute atomic E-state index is 10.9. The molecule has 1 aliphatic rings. The molecule has 94 valence electrons. The van der Waals surface area contributed by atoms with Crippen molar-refractivity contribution in [2.24, 2.45) is 0 Å². The van der Waals surface area contributed by atoms with Crippen LogP contribution in [0.4, 0.5) is 0 Å². The first-order valence-corrected chi connectivity index (χ1v) is 5.03. The van der Waals surface area contributed by atoms with Crippen molar-refractivity contribution >= 4 is 5.97 Å². The first kappa shape index (κ1) is 13.4. The van der Waals surface area contributed by atoms with Crippen LogP contribution in [0.1, 0.15) is 20.8 Å². The number of aliphatic hydroxyl groups excluding tert-OH is 2. The molecule has 6 heteroatoms. The quantitative estimate of drug-likeness (QED) is 0.622. The van der Waals surface area contributed by atoms with E-state index < -0.39 is 36.2 Å². The Bertz CT molecular complexity index is 264. The van der Waals surface area contributed by atoms with E-state index in [9.17, 15) is 15.0 Å². The summed E-state index contributed by atoms with van der Waals surface area (Å²) in [5.41, 5.74) is -0.926. The second-order valence-corrected chi connectivity index (χ2v) is 4.34. The summed E-state index contributed by atoms with van der Waals surface area (Å²) in [6.07, 6.45) is -4.34. The number of hydrogen-bond donors (Lipinski definition) is 2. The van der Waals surface area contributed by atoms with E-state index in [1.807, 2.05) is 0 Å². The van der Waals surface area contributed by atoms with Crippen molar-refractivity contribution in [2.45, 2.75) is 51.0 Å². The predicted molar refractivity (Wildman–Crippen MR) is 53.5 cm³/mol. The van der Waals surface area contributed by atoms with Crippen LogP contribution in [0.25, 0.3) is 0 Å². The minimum atomic E-state index is -1.25. The van der Waals surface area contributed by atoms with Crippen molar-refractivity contribution < 1.29 is 29.2 Å². The molecule has 1 rings (SSSR count). The number of ether oxygens (including phenoxy) is 3. The number of hydrogen-bond acceptors (Lipinski definition) is 6. The van der Waals surface area contributed by atoms with Crippen LogP contribution in [0.2, 0.25) is 0 Å². The van der Waals surface area contributed by atoms with Gasteiger partial charge in [0.05, 0.1) is 0 Å². The van der Waals surface area contributed by atoms with Crippen molar-refractivity contribution in [2.75, 3.05) is 7.11 Å². The maximum atomic E-state index is 10.9. The topological polar surface area (TPSA) is 85.2 Å². The van der Waals surface area contributed by atoms with Crippen molar-refractivity contribution in [3.63, 3.8) is 0 Å². The summed E-state index contributed by atoms with van der Waals surface area (Å²) in [5.74, 6) is -0.538. The number of aliphatic hydroxyl groups is 2. The Morgan fingerprint density at radius 3 is 2.31 bits per heavy atom. The van der Waals surface area contributed by atoms with Gasteiger partial charge < -0.3 is 24.4 Å². The number of methoxy groups -OCH3 is 1. The number of esters is 1. The van der Waals surface area contributed by atoms with Gasteiger partial charge in [0, 0.05) is 14.0 Å². The van der Waals surface area contributed by atoms with Crippen LogP contribution in [0.3, 0.4) is 0 Å². The molecule has 2 N–H and O–H groups in total. The lowest BCUT2D eigenvalue weighted by Crippen LogP contribution is -2.63. The van der Waals surface area contributed by atoms with Crippen LogP contribution in [0, 0.1) is 0 Å². The van der Waals surface area contributed by atoms with Gasteiger partial charge in [-0.3, -0.25) is 4.79 Å². The van der Waals surface area contributed by atoms with E-state index >= 15 is 0 Å². The van der Waals surface area contributed by atoms with Crippen LogP contribution in [-0.4, -0.2) is 53.5 Å². The Morgan fingerprint density at radius 2 is 1.88 bits per heavy atom. The van der Waals surface area contributed by atoms with Gasteiger partial charge >= 0.3 is 5.97 Å². The van der Waals surface area contributed by atoms with Gasteiger partial charge in [-0.25, -0.2) is 0 Å². The van der Waals surface area contributed by atoms with Crippen molar-refractivity contribution in [1.29, 1.82) is 0 Å². The van der Waals surface area contributed by atoms with E-state index in [2.05, 4.69) is 0 Å². The molecule has 6 nitrogen and oxygen atoms in total. The third-order valence-corrected chi connectivity index (χ3v) is 2.57. The summed E-state index contributed by atoms with van der Waals surface area (Å²) in [6, 6.07) is 0. The molecule has 0 radical (unpaired) electrons. The summed E-state index contributed by atoms with van der Waals surface area (Å²) in [6.45, 7) is 4.54. The molecule has 0 saturated carbocycles. The average Bonchev–Trinajstić information content (AvgIpc) is 2.18. The van der Waals surface area contributed by atoms with Gasteiger partial charge in [0.15, 0.2) is 12.4 Å². The van der Waals surface area contributed by atoms with Gasteiger partial charge in [0.25, 0.3) is 0 Å². The maximum Gasteiger partial charge on any atom is 0.303 e. The predicted octanol–water partition coefficient (Wildman–Crippen LogP) is -0.579. The normalized spacial score (nSPS) is 38.1. The van der Waals surface area contributed by atoms with E-state index in [0.29, 0.717) is 0 Å². The zero-order valence-corrected chi connectivity index (χ0v) is 9.84. The molecule has 0 bridgehead atoms. The van der Waals surface area contributed by atoms with Crippen LogP contribution >= 0.6 is 0 Å². The van der Waals surface area contributed by atoms with E-state index in [-0.39, 0.29) is 0 Å². The fourth-order valence-electron chi connectivity index (χ4n) is 1.77. The third-order valence-electron chi connectivity index (χ3n) is 2.57. The van der Waals surface area contributed by atoms with E-state index in [1.54, 1.807) is 13.8 Å². The molecule has 0 aromatic rings. The largest absolute Gasteiger partial charge is 0.457 e. The minimum Gasteiger partial charge on any atom is -0.457 e. The van der Waals surface area contributed by atoms with Gasteiger partial charge in [-0.15, -0.1) is 0 Å². The highest BCUT2D eigenvalue weighted by atomic mass is 16.7. The van der Waals surface area contributed by atoms with Crippen LogP contribution in [0.5, 0.6) is 0 Å². The zero-order chi connectivity index (χ0) is 12.5. The zero-order valence-electron chi connectivity index (χ0n) is 9.84. The Balaban J connectivity index is 2.87. The van der Waals surface area contributed by atoms with Gasteiger partial charge in [0.1, 0.15) is 17.8 Å². The molecule has 0 aromatic carbocycles. The first-order valence-electron chi connectivity index (χ1n) is 5.03. The molecule has 0 aliphatic carbocycles. The van der Waals surface area contributed by atoms with Gasteiger partial charge in [-0.05, 0) is 13.8 Å². The lowest BCUT2D eigenvalue weighted by molar-refractivity contribution is -0.319. The lowest BCUT2D eigenvalue weighted by Gasteiger charge is -2.46. The Labute approximate surface area is 94.1 Å². The van der Waals surface area contributed by atoms with Gasteiger partial charge in [0.2, 0.25) is 0 Å². The highest BCUT2D eigenvalue weighted by Gasteiger charge is 2.51. The van der Waals surface area contributed by atoms with Crippen molar-refractivity contribution in [3.8, 4) is 0 Å². The standard InChI is InChI=1S/C10H18O6/c1-5(11)15-8-6(12)7(13)9(14-4)16-10(8,2)3/h6-9,12-13H,1-4H3/t6-,7+,8+,9-/m1/s1. The van der Waals surface area contributed by atoms with Gasteiger partial charge in [-0.2, -0.15) is 0 Å². The molecule has 1 saturated heterocycles. The number of carbonyl (C=O) groups is 1. The van der Waals surface area contributed by atoms with E-state index in [1.165, 1.54) is 14.0 Å². The highest BCUT2D eigenvalue weighted by Crippen LogP contribution is 2.31. The second-order valence-electron chi connectivity index (χ2n) is 4.34. The SMILES string of the molecule is CO[C@@H]1OC(C)(C)[C@@H](OC(C)=O)[C@H](O)[C@@H]1O. The summed E-state index contributed by atoms with van der Waals surface area (Å²) in [4.78, 5) is 10.9. The molecular weight excluding hydrogens is 216 g/mol. The van der Waals surface area contributed by atoms with Crippen molar-refractivity contribution in [3.05, 3.63) is 0 Å². The molecule has 1 aliphatic heterocycles. The monoisotopic (exact) mass is 234 g/mol. The summed E-state index contributed by atoms with van der Waals surface area (Å²) in [5, 5.41) is 19.5.